The molecule has 1 unspecified atom stereocenters. The Bertz CT molecular complexity index is 675. The van der Waals surface area contributed by atoms with Crippen LogP contribution in [-0.4, -0.2) is 44.0 Å². The summed E-state index contributed by atoms with van der Waals surface area (Å²) in [5.74, 6) is -0.752. The molecule has 2 aliphatic rings. The van der Waals surface area contributed by atoms with E-state index >= 15 is 0 Å². The van der Waals surface area contributed by atoms with Crippen molar-refractivity contribution in [2.75, 3.05) is 13.2 Å². The van der Waals surface area contributed by atoms with Crippen molar-refractivity contribution in [3.8, 4) is 11.5 Å². The maximum atomic E-state index is 11.7. The first-order valence-electron chi connectivity index (χ1n) is 7.80. The molecule has 1 saturated heterocycles. The third-order valence-electron chi connectivity index (χ3n) is 4.06. The van der Waals surface area contributed by atoms with E-state index in [9.17, 15) is 9.59 Å². The number of aldehydes is 1. The summed E-state index contributed by atoms with van der Waals surface area (Å²) < 4.78 is 22.3. The fourth-order valence-corrected chi connectivity index (χ4v) is 2.81. The lowest BCUT2D eigenvalue weighted by Gasteiger charge is -2.33. The van der Waals surface area contributed by atoms with Crippen molar-refractivity contribution < 1.29 is 33.5 Å². The number of fused-ring (bicyclic) bond motifs is 1. The van der Waals surface area contributed by atoms with Crippen molar-refractivity contribution in [2.24, 2.45) is 5.41 Å². The first-order chi connectivity index (χ1) is 11.4. The summed E-state index contributed by atoms with van der Waals surface area (Å²) in [5.41, 5.74) is 1.39. The molecule has 0 saturated carbocycles. The average Bonchev–Trinajstić information content (AvgIpc) is 2.97. The molecule has 7 nitrogen and oxygen atoms in total. The second-order valence-corrected chi connectivity index (χ2v) is 6.69. The largest absolute Gasteiger partial charge is 0.498 e. The van der Waals surface area contributed by atoms with Gasteiger partial charge in [-0.1, -0.05) is 20.8 Å². The molecule has 2 heterocycles. The number of benzene rings is 1. The Morgan fingerprint density at radius 3 is 2.58 bits per heavy atom. The minimum Gasteiger partial charge on any atom is -0.476 e. The Morgan fingerprint density at radius 1 is 1.38 bits per heavy atom. The molecule has 0 aliphatic carbocycles. The fraction of sp³-hybridized carbons (Fsp3) is 0.500. The maximum Gasteiger partial charge on any atom is 0.498 e. The van der Waals surface area contributed by atoms with E-state index in [4.69, 9.17) is 23.9 Å². The van der Waals surface area contributed by atoms with Crippen LogP contribution in [0.5, 0.6) is 11.5 Å². The molecule has 24 heavy (non-hydrogen) atoms. The molecule has 128 valence electrons. The number of carbonyl (C=O) groups excluding carboxylic acids is 1. The predicted molar refractivity (Wildman–Crippen MR) is 85.0 cm³/mol. The normalized spacial score (nSPS) is 21.6. The Kier molecular flexibility index (Phi) is 4.27. The van der Waals surface area contributed by atoms with Gasteiger partial charge in [-0.15, -0.1) is 0 Å². The molecule has 1 fully saturated rings. The molecule has 0 aromatic heterocycles. The van der Waals surface area contributed by atoms with Gasteiger partial charge in [0.15, 0.2) is 11.5 Å². The van der Waals surface area contributed by atoms with E-state index < -0.39 is 19.4 Å². The minimum absolute atomic E-state index is 0.135. The molecular weight excluding hydrogens is 315 g/mol. The van der Waals surface area contributed by atoms with Gasteiger partial charge in [-0.2, -0.15) is 0 Å². The molecule has 3 rings (SSSR count). The van der Waals surface area contributed by atoms with E-state index in [0.717, 1.165) is 11.8 Å². The van der Waals surface area contributed by atoms with E-state index in [1.807, 2.05) is 20.8 Å². The number of aryl methyl sites for hydroxylation is 1. The second-order valence-electron chi connectivity index (χ2n) is 6.69. The summed E-state index contributed by atoms with van der Waals surface area (Å²) in [4.78, 5) is 22.8. The zero-order chi connectivity index (χ0) is 17.5. The number of carboxylic acids is 1. The lowest BCUT2D eigenvalue weighted by Crippen LogP contribution is -2.49. The molecule has 0 radical (unpaired) electrons. The molecule has 0 bridgehead atoms. The van der Waals surface area contributed by atoms with Crippen LogP contribution in [0.25, 0.3) is 0 Å². The van der Waals surface area contributed by atoms with E-state index in [1.54, 1.807) is 6.07 Å². The van der Waals surface area contributed by atoms with E-state index in [0.29, 0.717) is 30.7 Å². The van der Waals surface area contributed by atoms with Gasteiger partial charge in [-0.05, 0) is 18.1 Å². The fourth-order valence-electron chi connectivity index (χ4n) is 2.81. The molecule has 2 aliphatic heterocycles. The Hall–Kier alpha value is -2.06. The molecule has 1 aromatic carbocycles. The second kappa shape index (κ2) is 6.10. The van der Waals surface area contributed by atoms with Gasteiger partial charge < -0.3 is 23.9 Å². The molecule has 0 spiro atoms. The number of carboxylic acid groups (broad SMARTS) is 1. The van der Waals surface area contributed by atoms with Crippen LogP contribution in [0.1, 0.15) is 36.7 Å². The maximum absolute atomic E-state index is 11.7. The first kappa shape index (κ1) is 16.8. The van der Waals surface area contributed by atoms with Gasteiger partial charge in [-0.3, -0.25) is 4.79 Å². The summed E-state index contributed by atoms with van der Waals surface area (Å²) >= 11 is 0. The van der Waals surface area contributed by atoms with Crippen LogP contribution in [0.15, 0.2) is 6.07 Å². The third-order valence-corrected chi connectivity index (χ3v) is 4.06. The number of ether oxygens (including phenoxy) is 2. The van der Waals surface area contributed by atoms with Crippen LogP contribution in [0, 0.1) is 5.41 Å². The topological polar surface area (TPSA) is 91.3 Å². The van der Waals surface area contributed by atoms with Gasteiger partial charge in [0.2, 0.25) is 0 Å². The van der Waals surface area contributed by atoms with Crippen molar-refractivity contribution in [1.82, 2.24) is 0 Å². The van der Waals surface area contributed by atoms with Crippen LogP contribution >= 0.6 is 0 Å². The highest BCUT2D eigenvalue weighted by Gasteiger charge is 2.42. The number of rotatable bonds is 4. The molecule has 1 atom stereocenters. The van der Waals surface area contributed by atoms with Crippen LogP contribution in [0.4, 0.5) is 0 Å². The van der Waals surface area contributed by atoms with Gasteiger partial charge in [0.25, 0.3) is 0 Å². The molecule has 1 aromatic rings. The average molecular weight is 334 g/mol. The highest BCUT2D eigenvalue weighted by Crippen LogP contribution is 2.37. The summed E-state index contributed by atoms with van der Waals surface area (Å²) in [6.45, 7) is 6.82. The Labute approximate surface area is 140 Å². The van der Waals surface area contributed by atoms with E-state index in [2.05, 4.69) is 0 Å². The van der Waals surface area contributed by atoms with Crippen LogP contribution in [0.3, 0.4) is 0 Å². The monoisotopic (exact) mass is 334 g/mol. The van der Waals surface area contributed by atoms with Crippen molar-refractivity contribution in [2.45, 2.75) is 33.5 Å². The summed E-state index contributed by atoms with van der Waals surface area (Å²) in [7, 11) is -0.797. The van der Waals surface area contributed by atoms with Gasteiger partial charge in [0, 0.05) is 29.7 Å². The molecule has 1 N–H and O–H groups in total. The van der Waals surface area contributed by atoms with Crippen molar-refractivity contribution in [3.05, 3.63) is 17.2 Å². The number of hydrogen-bond donors (Lipinski definition) is 1. The Balaban J connectivity index is 2.06. The quantitative estimate of drug-likeness (QED) is 0.649. The lowest BCUT2D eigenvalue weighted by atomic mass is 9.71. The van der Waals surface area contributed by atoms with Crippen molar-refractivity contribution in [1.29, 1.82) is 0 Å². The number of hydrogen-bond acceptors (Lipinski definition) is 6. The summed E-state index contributed by atoms with van der Waals surface area (Å²) in [6, 6.07) is 1.64. The van der Waals surface area contributed by atoms with E-state index in [1.165, 1.54) is 0 Å². The summed E-state index contributed by atoms with van der Waals surface area (Å²) in [6.07, 6.45) is -0.142. The van der Waals surface area contributed by atoms with Crippen LogP contribution in [0.2, 0.25) is 0 Å². The van der Waals surface area contributed by atoms with Crippen molar-refractivity contribution in [3.63, 3.8) is 0 Å². The van der Waals surface area contributed by atoms with Crippen LogP contribution in [-0.2, 0) is 20.5 Å². The van der Waals surface area contributed by atoms with Crippen LogP contribution < -0.4 is 14.9 Å². The Morgan fingerprint density at radius 2 is 2.04 bits per heavy atom. The SMILES string of the molecule is CCc1cc2c(c(B3OCC(C)(C)CO3)c1C=O)OC(C(=O)O)O2. The van der Waals surface area contributed by atoms with Gasteiger partial charge in [-0.25, -0.2) is 4.79 Å². The zero-order valence-corrected chi connectivity index (χ0v) is 13.8. The zero-order valence-electron chi connectivity index (χ0n) is 13.8. The van der Waals surface area contributed by atoms with E-state index in [-0.39, 0.29) is 16.9 Å². The molecule has 8 heteroatoms. The predicted octanol–water partition coefficient (Wildman–Crippen LogP) is 1.01. The third kappa shape index (κ3) is 2.87. The highest BCUT2D eigenvalue weighted by atomic mass is 16.7. The van der Waals surface area contributed by atoms with Crippen molar-refractivity contribution >= 4 is 24.8 Å². The standard InChI is InChI=1S/C16H19BO7/c1-4-9-5-11-13(24-15(23-11)14(19)20)12(10(9)6-18)17-21-7-16(2,3)8-22-17/h5-6,15H,4,7-8H2,1-3H3,(H,19,20). The number of aliphatic carboxylic acids is 1. The van der Waals surface area contributed by atoms with Gasteiger partial charge in [0.05, 0.1) is 0 Å². The number of carbonyl (C=O) groups is 2. The molecule has 0 amide bonds. The lowest BCUT2D eigenvalue weighted by molar-refractivity contribution is -0.154. The first-order valence-corrected chi connectivity index (χ1v) is 7.80. The van der Waals surface area contributed by atoms with Gasteiger partial charge >= 0.3 is 19.4 Å². The van der Waals surface area contributed by atoms with Gasteiger partial charge in [0.1, 0.15) is 6.29 Å². The highest BCUT2D eigenvalue weighted by molar-refractivity contribution is 6.64. The smallest absolute Gasteiger partial charge is 0.476 e. The molecular formula is C16H19BO7. The minimum atomic E-state index is -1.44. The summed E-state index contributed by atoms with van der Waals surface area (Å²) in [5, 5.41) is 9.13.